The summed E-state index contributed by atoms with van der Waals surface area (Å²) in [6.45, 7) is 2.48. The number of thiophene rings is 1. The summed E-state index contributed by atoms with van der Waals surface area (Å²) in [7, 11) is -3.35. The minimum atomic E-state index is -3.35. The summed E-state index contributed by atoms with van der Waals surface area (Å²) in [4.78, 5) is 1.02. The average molecular weight is 288 g/mol. The van der Waals surface area contributed by atoms with Gasteiger partial charge >= 0.3 is 0 Å². The highest BCUT2D eigenvalue weighted by Crippen LogP contribution is 2.33. The van der Waals surface area contributed by atoms with Gasteiger partial charge in [0.05, 0.1) is 0 Å². The molecule has 1 saturated carbocycles. The molecule has 0 aromatic carbocycles. The molecule has 0 radical (unpaired) electrons. The maximum absolute atomic E-state index is 12.1. The van der Waals surface area contributed by atoms with Crippen molar-refractivity contribution in [1.82, 2.24) is 4.72 Å². The Hall–Kier alpha value is -0.430. The van der Waals surface area contributed by atoms with E-state index in [-0.39, 0.29) is 6.04 Å². The molecule has 0 saturated heterocycles. The van der Waals surface area contributed by atoms with E-state index in [4.69, 9.17) is 5.73 Å². The molecule has 1 unspecified atom stereocenters. The summed E-state index contributed by atoms with van der Waals surface area (Å²) >= 11 is 1.31. The van der Waals surface area contributed by atoms with E-state index in [0.29, 0.717) is 10.8 Å². The first-order valence-corrected chi connectivity index (χ1v) is 8.62. The molecule has 3 N–H and O–H groups in total. The Morgan fingerprint density at radius 2 is 2.22 bits per heavy atom. The van der Waals surface area contributed by atoms with Gasteiger partial charge in [-0.05, 0) is 44.4 Å². The molecule has 0 amide bonds. The Morgan fingerprint density at radius 3 is 2.83 bits per heavy atom. The van der Waals surface area contributed by atoms with E-state index in [0.717, 1.165) is 23.6 Å². The van der Waals surface area contributed by atoms with Crippen molar-refractivity contribution in [2.75, 3.05) is 6.54 Å². The Balaban J connectivity index is 1.99. The van der Waals surface area contributed by atoms with Gasteiger partial charge in [0.1, 0.15) is 4.21 Å². The summed E-state index contributed by atoms with van der Waals surface area (Å²) in [6, 6.07) is 3.53. The van der Waals surface area contributed by atoms with Gasteiger partial charge in [-0.3, -0.25) is 0 Å². The van der Waals surface area contributed by atoms with Gasteiger partial charge in [-0.25, -0.2) is 13.1 Å². The highest BCUT2D eigenvalue weighted by Gasteiger charge is 2.26. The van der Waals surface area contributed by atoms with E-state index in [1.165, 1.54) is 24.2 Å². The van der Waals surface area contributed by atoms with Crippen molar-refractivity contribution in [3.05, 3.63) is 17.0 Å². The zero-order valence-corrected chi connectivity index (χ0v) is 12.2. The van der Waals surface area contributed by atoms with Gasteiger partial charge < -0.3 is 5.73 Å². The molecular formula is C12H20N2O2S2. The molecule has 2 rings (SSSR count). The SMILES string of the molecule is CC(CC1CC1)NS(=O)(=O)c1ccc(CCN)s1. The van der Waals surface area contributed by atoms with Crippen molar-refractivity contribution >= 4 is 21.4 Å². The largest absolute Gasteiger partial charge is 0.330 e. The standard InChI is InChI=1S/C12H20N2O2S2/c1-9(8-10-2-3-10)14-18(15,16)12-5-4-11(17-12)6-7-13/h4-5,9-10,14H,2-3,6-8,13H2,1H3. The molecule has 1 aromatic rings. The van der Waals surface area contributed by atoms with Crippen LogP contribution in [0.25, 0.3) is 0 Å². The van der Waals surface area contributed by atoms with Crippen LogP contribution >= 0.6 is 11.3 Å². The molecule has 0 bridgehead atoms. The second-order valence-electron chi connectivity index (χ2n) is 4.96. The number of sulfonamides is 1. The predicted octanol–water partition coefficient (Wildman–Crippen LogP) is 1.72. The monoisotopic (exact) mass is 288 g/mol. The van der Waals surface area contributed by atoms with E-state index >= 15 is 0 Å². The average Bonchev–Trinajstić information content (AvgIpc) is 2.94. The predicted molar refractivity (Wildman–Crippen MR) is 74.2 cm³/mol. The van der Waals surface area contributed by atoms with Gasteiger partial charge in [0.2, 0.25) is 10.0 Å². The van der Waals surface area contributed by atoms with E-state index in [1.54, 1.807) is 6.07 Å². The fraction of sp³-hybridized carbons (Fsp3) is 0.667. The Morgan fingerprint density at radius 1 is 1.50 bits per heavy atom. The number of nitrogens with one attached hydrogen (secondary N) is 1. The van der Waals surface area contributed by atoms with E-state index < -0.39 is 10.0 Å². The highest BCUT2D eigenvalue weighted by molar-refractivity contribution is 7.91. The van der Waals surface area contributed by atoms with Crippen LogP contribution in [0.15, 0.2) is 16.3 Å². The molecule has 102 valence electrons. The van der Waals surface area contributed by atoms with Crippen LogP contribution in [0.4, 0.5) is 0 Å². The molecule has 1 aliphatic rings. The maximum atomic E-state index is 12.1. The Labute approximate surface area is 113 Å². The van der Waals surface area contributed by atoms with Gasteiger partial charge in [-0.15, -0.1) is 11.3 Å². The van der Waals surface area contributed by atoms with Crippen molar-refractivity contribution in [2.45, 2.75) is 42.9 Å². The first-order chi connectivity index (χ1) is 8.51. The van der Waals surface area contributed by atoms with E-state index in [1.807, 2.05) is 13.0 Å². The third-order valence-corrected chi connectivity index (χ3v) is 6.26. The van der Waals surface area contributed by atoms with Crippen LogP contribution in [0, 0.1) is 5.92 Å². The van der Waals surface area contributed by atoms with Crippen LogP contribution in [0.2, 0.25) is 0 Å². The van der Waals surface area contributed by atoms with Crippen LogP contribution in [-0.4, -0.2) is 21.0 Å². The molecule has 1 atom stereocenters. The quantitative estimate of drug-likeness (QED) is 0.802. The summed E-state index contributed by atoms with van der Waals surface area (Å²) in [6.07, 6.45) is 4.16. The number of hydrogen-bond donors (Lipinski definition) is 2. The molecular weight excluding hydrogens is 268 g/mol. The van der Waals surface area contributed by atoms with Crippen LogP contribution in [0.3, 0.4) is 0 Å². The zero-order valence-electron chi connectivity index (χ0n) is 10.6. The minimum absolute atomic E-state index is 0.0163. The first-order valence-electron chi connectivity index (χ1n) is 6.32. The Kier molecular flexibility index (Phi) is 4.42. The third-order valence-electron chi connectivity index (χ3n) is 3.03. The van der Waals surface area contributed by atoms with E-state index in [2.05, 4.69) is 4.72 Å². The van der Waals surface area contributed by atoms with Crippen molar-refractivity contribution in [3.63, 3.8) is 0 Å². The molecule has 1 fully saturated rings. The van der Waals surface area contributed by atoms with Crippen molar-refractivity contribution in [1.29, 1.82) is 0 Å². The molecule has 1 aliphatic carbocycles. The lowest BCUT2D eigenvalue weighted by Gasteiger charge is -2.12. The number of nitrogens with two attached hydrogens (primary N) is 1. The van der Waals surface area contributed by atoms with Crippen molar-refractivity contribution in [3.8, 4) is 0 Å². The lowest BCUT2D eigenvalue weighted by atomic mass is 10.2. The fourth-order valence-corrected chi connectivity index (χ4v) is 4.65. The van der Waals surface area contributed by atoms with Gasteiger partial charge in [-0.2, -0.15) is 0 Å². The molecule has 0 aliphatic heterocycles. The molecule has 1 heterocycles. The van der Waals surface area contributed by atoms with Crippen LogP contribution in [0.1, 0.15) is 31.1 Å². The maximum Gasteiger partial charge on any atom is 0.250 e. The van der Waals surface area contributed by atoms with Crippen LogP contribution in [0.5, 0.6) is 0 Å². The van der Waals surface area contributed by atoms with E-state index in [9.17, 15) is 8.42 Å². The second kappa shape index (κ2) is 5.69. The third kappa shape index (κ3) is 3.78. The molecule has 18 heavy (non-hydrogen) atoms. The summed E-state index contributed by atoms with van der Waals surface area (Å²) in [5, 5.41) is 0. The lowest BCUT2D eigenvalue weighted by molar-refractivity contribution is 0.531. The second-order valence-corrected chi connectivity index (χ2v) is 8.07. The zero-order chi connectivity index (χ0) is 13.2. The van der Waals surface area contributed by atoms with Crippen LogP contribution < -0.4 is 10.5 Å². The molecule has 0 spiro atoms. The van der Waals surface area contributed by atoms with Gasteiger partial charge in [0.15, 0.2) is 0 Å². The summed E-state index contributed by atoms with van der Waals surface area (Å²) in [5.41, 5.74) is 5.46. The van der Waals surface area contributed by atoms with Crippen LogP contribution in [-0.2, 0) is 16.4 Å². The molecule has 4 nitrogen and oxygen atoms in total. The first kappa shape index (κ1) is 14.0. The number of rotatable bonds is 7. The lowest BCUT2D eigenvalue weighted by Crippen LogP contribution is -2.32. The highest BCUT2D eigenvalue weighted by atomic mass is 32.2. The van der Waals surface area contributed by atoms with Gasteiger partial charge in [0.25, 0.3) is 0 Å². The summed E-state index contributed by atoms with van der Waals surface area (Å²) in [5.74, 6) is 0.721. The molecule has 6 heteroatoms. The summed E-state index contributed by atoms with van der Waals surface area (Å²) < 4.78 is 27.4. The smallest absolute Gasteiger partial charge is 0.250 e. The minimum Gasteiger partial charge on any atom is -0.330 e. The van der Waals surface area contributed by atoms with Crippen molar-refractivity contribution < 1.29 is 8.42 Å². The fourth-order valence-electron chi connectivity index (χ4n) is 2.00. The Bertz CT molecular complexity index is 492. The number of hydrogen-bond acceptors (Lipinski definition) is 4. The van der Waals surface area contributed by atoms with Gasteiger partial charge in [-0.1, -0.05) is 12.8 Å². The topological polar surface area (TPSA) is 72.2 Å². The van der Waals surface area contributed by atoms with Crippen molar-refractivity contribution in [2.24, 2.45) is 11.7 Å². The molecule has 1 aromatic heterocycles. The normalized spacial score (nSPS) is 17.9. The van der Waals surface area contributed by atoms with Gasteiger partial charge in [0, 0.05) is 10.9 Å².